The highest BCUT2D eigenvalue weighted by Crippen LogP contribution is 2.11. The molecular formula is C16H29IN4O2. The van der Waals surface area contributed by atoms with Gasteiger partial charge in [0.05, 0.1) is 12.7 Å². The van der Waals surface area contributed by atoms with E-state index in [2.05, 4.69) is 32.6 Å². The van der Waals surface area contributed by atoms with Crippen LogP contribution in [-0.2, 0) is 16.0 Å². The summed E-state index contributed by atoms with van der Waals surface area (Å²) in [6.07, 6.45) is 7.70. The molecule has 0 spiro atoms. The summed E-state index contributed by atoms with van der Waals surface area (Å²) in [5, 5.41) is 6.60. The summed E-state index contributed by atoms with van der Waals surface area (Å²) in [6, 6.07) is 4.06. The standard InChI is InChI=1S/C16H28N4O2.HI/c1-17-16(19-8-11-20-9-2-3-10-20)18-7-5-12-21-14-15-6-4-13-22-15;/h2-3,9-10,15H,4-8,11-14H2,1H3,(H2,17,18,19);1H. The van der Waals surface area contributed by atoms with Gasteiger partial charge in [-0.15, -0.1) is 24.0 Å². The van der Waals surface area contributed by atoms with Crippen molar-refractivity contribution in [3.05, 3.63) is 24.5 Å². The van der Waals surface area contributed by atoms with E-state index in [1.165, 1.54) is 6.42 Å². The molecule has 0 radical (unpaired) electrons. The maximum absolute atomic E-state index is 5.63. The van der Waals surface area contributed by atoms with E-state index >= 15 is 0 Å². The van der Waals surface area contributed by atoms with E-state index in [4.69, 9.17) is 9.47 Å². The fraction of sp³-hybridized carbons (Fsp3) is 0.688. The van der Waals surface area contributed by atoms with Gasteiger partial charge in [-0.2, -0.15) is 0 Å². The van der Waals surface area contributed by atoms with Crippen LogP contribution in [0, 0.1) is 0 Å². The minimum absolute atomic E-state index is 0. The molecule has 0 saturated carbocycles. The zero-order chi connectivity index (χ0) is 15.5. The lowest BCUT2D eigenvalue weighted by atomic mass is 10.2. The molecule has 23 heavy (non-hydrogen) atoms. The second-order valence-electron chi connectivity index (χ2n) is 5.41. The Morgan fingerprint density at radius 2 is 2.09 bits per heavy atom. The second-order valence-corrected chi connectivity index (χ2v) is 5.41. The number of guanidine groups is 1. The number of rotatable bonds is 9. The normalized spacial score (nSPS) is 17.8. The highest BCUT2D eigenvalue weighted by Gasteiger charge is 2.14. The molecule has 2 N–H and O–H groups in total. The minimum atomic E-state index is 0. The van der Waals surface area contributed by atoms with Gasteiger partial charge in [-0.3, -0.25) is 4.99 Å². The third-order valence-electron chi connectivity index (χ3n) is 3.64. The van der Waals surface area contributed by atoms with Gasteiger partial charge in [0.1, 0.15) is 0 Å². The van der Waals surface area contributed by atoms with Crippen molar-refractivity contribution in [2.75, 3.05) is 40.0 Å². The molecule has 1 atom stereocenters. The van der Waals surface area contributed by atoms with Crippen LogP contribution < -0.4 is 10.6 Å². The molecule has 0 aromatic carbocycles. The Morgan fingerprint density at radius 3 is 2.78 bits per heavy atom. The van der Waals surface area contributed by atoms with Gasteiger partial charge in [0, 0.05) is 52.3 Å². The fourth-order valence-electron chi connectivity index (χ4n) is 2.41. The molecule has 1 unspecified atom stereocenters. The van der Waals surface area contributed by atoms with E-state index in [1.54, 1.807) is 7.05 Å². The van der Waals surface area contributed by atoms with Crippen LogP contribution in [0.5, 0.6) is 0 Å². The van der Waals surface area contributed by atoms with Crippen LogP contribution in [0.4, 0.5) is 0 Å². The molecule has 132 valence electrons. The molecule has 2 heterocycles. The molecule has 1 saturated heterocycles. The van der Waals surface area contributed by atoms with Gasteiger partial charge in [0.2, 0.25) is 0 Å². The Morgan fingerprint density at radius 1 is 1.30 bits per heavy atom. The van der Waals surface area contributed by atoms with Gasteiger partial charge in [-0.1, -0.05) is 0 Å². The summed E-state index contributed by atoms with van der Waals surface area (Å²) in [5.74, 6) is 0.839. The van der Waals surface area contributed by atoms with Crippen molar-refractivity contribution in [2.24, 2.45) is 4.99 Å². The van der Waals surface area contributed by atoms with Gasteiger partial charge in [0.15, 0.2) is 5.96 Å². The monoisotopic (exact) mass is 436 g/mol. The molecule has 0 aliphatic carbocycles. The Balaban J connectivity index is 0.00000264. The number of halogens is 1. The summed E-state index contributed by atoms with van der Waals surface area (Å²) in [7, 11) is 1.79. The lowest BCUT2D eigenvalue weighted by Crippen LogP contribution is -2.39. The lowest BCUT2D eigenvalue weighted by molar-refractivity contribution is 0.0168. The van der Waals surface area contributed by atoms with Crippen LogP contribution in [0.2, 0.25) is 0 Å². The topological polar surface area (TPSA) is 59.8 Å². The summed E-state index contributed by atoms with van der Waals surface area (Å²) in [4.78, 5) is 4.21. The first-order chi connectivity index (χ1) is 10.9. The van der Waals surface area contributed by atoms with Crippen molar-refractivity contribution in [1.82, 2.24) is 15.2 Å². The predicted molar refractivity (Wildman–Crippen MR) is 104 cm³/mol. The van der Waals surface area contributed by atoms with Crippen LogP contribution in [0.25, 0.3) is 0 Å². The highest BCUT2D eigenvalue weighted by molar-refractivity contribution is 14.0. The molecule has 1 aromatic rings. The van der Waals surface area contributed by atoms with Gasteiger partial charge in [0.25, 0.3) is 0 Å². The van der Waals surface area contributed by atoms with Crippen LogP contribution in [0.15, 0.2) is 29.5 Å². The van der Waals surface area contributed by atoms with Crippen LogP contribution in [0.3, 0.4) is 0 Å². The number of aliphatic imine (C=N–C) groups is 1. The number of nitrogens with zero attached hydrogens (tertiary/aromatic N) is 2. The van der Waals surface area contributed by atoms with Gasteiger partial charge in [-0.25, -0.2) is 0 Å². The van der Waals surface area contributed by atoms with Crippen molar-refractivity contribution in [2.45, 2.75) is 31.9 Å². The van der Waals surface area contributed by atoms with Crippen molar-refractivity contribution in [1.29, 1.82) is 0 Å². The van der Waals surface area contributed by atoms with E-state index in [-0.39, 0.29) is 24.0 Å². The smallest absolute Gasteiger partial charge is 0.191 e. The quantitative estimate of drug-likeness (QED) is 0.269. The molecule has 7 heteroatoms. The minimum Gasteiger partial charge on any atom is -0.379 e. The number of nitrogens with one attached hydrogen (secondary N) is 2. The first-order valence-electron chi connectivity index (χ1n) is 8.13. The molecule has 1 aliphatic heterocycles. The summed E-state index contributed by atoms with van der Waals surface area (Å²) in [5.41, 5.74) is 0. The summed E-state index contributed by atoms with van der Waals surface area (Å²) < 4.78 is 13.3. The maximum Gasteiger partial charge on any atom is 0.191 e. The summed E-state index contributed by atoms with van der Waals surface area (Å²) in [6.45, 7) is 5.01. The molecule has 1 fully saturated rings. The Labute approximate surface area is 156 Å². The van der Waals surface area contributed by atoms with Gasteiger partial charge >= 0.3 is 0 Å². The SMILES string of the molecule is CN=C(NCCCOCC1CCCO1)NCCn1cccc1.I. The van der Waals surface area contributed by atoms with E-state index in [0.717, 1.165) is 58.3 Å². The molecule has 0 bridgehead atoms. The second kappa shape index (κ2) is 12.6. The van der Waals surface area contributed by atoms with E-state index in [0.29, 0.717) is 6.10 Å². The Bertz CT molecular complexity index is 420. The number of ether oxygens (including phenoxy) is 2. The predicted octanol–water partition coefficient (Wildman–Crippen LogP) is 1.86. The van der Waals surface area contributed by atoms with Crippen LogP contribution >= 0.6 is 24.0 Å². The average Bonchev–Trinajstić information content (AvgIpc) is 3.22. The number of hydrogen-bond donors (Lipinski definition) is 2. The molecule has 0 amide bonds. The molecular weight excluding hydrogens is 407 g/mol. The van der Waals surface area contributed by atoms with Crippen LogP contribution in [0.1, 0.15) is 19.3 Å². The molecule has 6 nitrogen and oxygen atoms in total. The number of aromatic nitrogens is 1. The van der Waals surface area contributed by atoms with Crippen molar-refractivity contribution < 1.29 is 9.47 Å². The maximum atomic E-state index is 5.63. The van der Waals surface area contributed by atoms with Crippen LogP contribution in [-0.4, -0.2) is 56.6 Å². The molecule has 1 aromatic heterocycles. The van der Waals surface area contributed by atoms with E-state index in [9.17, 15) is 0 Å². The largest absolute Gasteiger partial charge is 0.379 e. The van der Waals surface area contributed by atoms with E-state index in [1.807, 2.05) is 12.1 Å². The van der Waals surface area contributed by atoms with E-state index < -0.39 is 0 Å². The first kappa shape index (κ1) is 20.2. The van der Waals surface area contributed by atoms with Gasteiger partial charge < -0.3 is 24.7 Å². The summed E-state index contributed by atoms with van der Waals surface area (Å²) >= 11 is 0. The lowest BCUT2D eigenvalue weighted by Gasteiger charge is -2.13. The zero-order valence-electron chi connectivity index (χ0n) is 13.9. The van der Waals surface area contributed by atoms with Crippen molar-refractivity contribution in [3.8, 4) is 0 Å². The van der Waals surface area contributed by atoms with Crippen molar-refractivity contribution >= 4 is 29.9 Å². The fourth-order valence-corrected chi connectivity index (χ4v) is 2.41. The third-order valence-corrected chi connectivity index (χ3v) is 3.64. The number of hydrogen-bond acceptors (Lipinski definition) is 3. The molecule has 1 aliphatic rings. The van der Waals surface area contributed by atoms with Crippen molar-refractivity contribution in [3.63, 3.8) is 0 Å². The zero-order valence-corrected chi connectivity index (χ0v) is 16.2. The average molecular weight is 436 g/mol. The first-order valence-corrected chi connectivity index (χ1v) is 8.13. The Kier molecular flexibility index (Phi) is 11.1. The molecule has 2 rings (SSSR count). The Hall–Kier alpha value is -0.800. The third kappa shape index (κ3) is 8.57. The highest BCUT2D eigenvalue weighted by atomic mass is 127. The van der Waals surface area contributed by atoms with Gasteiger partial charge in [-0.05, 0) is 31.4 Å².